The summed E-state index contributed by atoms with van der Waals surface area (Å²) < 4.78 is 6.02. The van der Waals surface area contributed by atoms with Crippen molar-refractivity contribution in [2.45, 2.75) is 19.8 Å². The molecule has 0 N–H and O–H groups in total. The minimum absolute atomic E-state index is 0.0716. The van der Waals surface area contributed by atoms with Gasteiger partial charge in [-0.1, -0.05) is 29.3 Å². The van der Waals surface area contributed by atoms with E-state index in [-0.39, 0.29) is 10.6 Å². The Hall–Kier alpha value is -2.88. The summed E-state index contributed by atoms with van der Waals surface area (Å²) in [6, 6.07) is 12.7. The second-order valence-electron chi connectivity index (χ2n) is 5.93. The fourth-order valence-corrected chi connectivity index (χ4v) is 2.84. The molecule has 23 heavy (non-hydrogen) atoms. The summed E-state index contributed by atoms with van der Waals surface area (Å²) in [5.74, 6) is 1.48. The molecule has 2 aliphatic rings. The van der Waals surface area contributed by atoms with Gasteiger partial charge in [-0.2, -0.15) is 0 Å². The summed E-state index contributed by atoms with van der Waals surface area (Å²) >= 11 is 0. The van der Waals surface area contributed by atoms with Crippen LogP contribution in [0.25, 0.3) is 11.3 Å². The quantitative estimate of drug-likeness (QED) is 0.586. The first-order chi connectivity index (χ1) is 11.1. The molecule has 0 unspecified atom stereocenters. The van der Waals surface area contributed by atoms with Gasteiger partial charge < -0.3 is 4.74 Å². The average molecular weight is 305 g/mol. The molecular formula is C19H15NO3. The molecule has 0 radical (unpaired) electrons. The maximum Gasteiger partial charge on any atom is 0.270 e. The number of hydrogen-bond donors (Lipinski definition) is 0. The second-order valence-corrected chi connectivity index (χ2v) is 5.93. The standard InChI is InChI=1S/C19H15NO3/c1-12-5-8-18-17(9-12)16(13-6-7-13)11-19(23-18)14-3-2-4-15(10-14)20(21)22/h2-5,8-11H,6-7H2,1H3. The molecule has 0 atom stereocenters. The van der Waals surface area contributed by atoms with Crippen molar-refractivity contribution in [1.82, 2.24) is 0 Å². The van der Waals surface area contributed by atoms with E-state index in [0.29, 0.717) is 5.76 Å². The van der Waals surface area contributed by atoms with Crippen LogP contribution in [0, 0.1) is 17.0 Å². The van der Waals surface area contributed by atoms with E-state index in [2.05, 4.69) is 13.0 Å². The molecule has 2 aromatic carbocycles. The number of nitrogens with zero attached hydrogens (tertiary/aromatic N) is 1. The third kappa shape index (κ3) is 2.52. The van der Waals surface area contributed by atoms with E-state index in [1.165, 1.54) is 22.8 Å². The first-order valence-electron chi connectivity index (χ1n) is 7.59. The fourth-order valence-electron chi connectivity index (χ4n) is 2.84. The summed E-state index contributed by atoms with van der Waals surface area (Å²) in [7, 11) is 0. The summed E-state index contributed by atoms with van der Waals surface area (Å²) in [5, 5.41) is 11.0. The predicted octanol–water partition coefficient (Wildman–Crippen LogP) is 4.88. The van der Waals surface area contributed by atoms with E-state index in [1.807, 2.05) is 24.3 Å². The Labute approximate surface area is 133 Å². The number of fused-ring (bicyclic) bond motifs is 1. The SMILES string of the molecule is Cc1ccc2c(c1)C(=C1CC1)C=C(c1cccc([N+](=O)[O-])c1)O2. The van der Waals surface area contributed by atoms with E-state index in [0.717, 1.165) is 29.7 Å². The minimum atomic E-state index is -0.384. The third-order valence-electron chi connectivity index (χ3n) is 4.14. The molecule has 0 aromatic heterocycles. The molecule has 1 aliphatic carbocycles. The van der Waals surface area contributed by atoms with Gasteiger partial charge in [0.15, 0.2) is 0 Å². The lowest BCUT2D eigenvalue weighted by molar-refractivity contribution is -0.384. The summed E-state index contributed by atoms with van der Waals surface area (Å²) in [5.41, 5.74) is 5.73. The smallest absolute Gasteiger partial charge is 0.270 e. The number of non-ortho nitro benzene ring substituents is 1. The molecule has 114 valence electrons. The number of ether oxygens (including phenoxy) is 1. The lowest BCUT2D eigenvalue weighted by atomic mass is 9.97. The number of nitro benzene ring substituents is 1. The van der Waals surface area contributed by atoms with Crippen LogP contribution in [0.1, 0.15) is 29.5 Å². The highest BCUT2D eigenvalue weighted by atomic mass is 16.6. The van der Waals surface area contributed by atoms with Crippen LogP contribution in [-0.4, -0.2) is 4.92 Å². The van der Waals surface area contributed by atoms with Crippen molar-refractivity contribution < 1.29 is 9.66 Å². The largest absolute Gasteiger partial charge is 0.456 e. The Kier molecular flexibility index (Phi) is 3.05. The molecule has 0 spiro atoms. The maximum atomic E-state index is 11.0. The van der Waals surface area contributed by atoms with Crippen molar-refractivity contribution in [2.24, 2.45) is 0 Å². The maximum absolute atomic E-state index is 11.0. The van der Waals surface area contributed by atoms with Gasteiger partial charge in [-0.05, 0) is 43.5 Å². The van der Waals surface area contributed by atoms with E-state index < -0.39 is 0 Å². The predicted molar refractivity (Wildman–Crippen MR) is 89.0 cm³/mol. The van der Waals surface area contributed by atoms with Gasteiger partial charge in [-0.3, -0.25) is 10.1 Å². The Bertz CT molecular complexity index is 887. The van der Waals surface area contributed by atoms with Gasteiger partial charge in [0.2, 0.25) is 0 Å². The van der Waals surface area contributed by atoms with E-state index in [9.17, 15) is 10.1 Å². The molecule has 1 saturated carbocycles. The number of aryl methyl sites for hydroxylation is 1. The monoisotopic (exact) mass is 305 g/mol. The van der Waals surface area contributed by atoms with Gasteiger partial charge in [-0.25, -0.2) is 0 Å². The Morgan fingerprint density at radius 2 is 1.96 bits per heavy atom. The van der Waals surface area contributed by atoms with Crippen molar-refractivity contribution in [3.63, 3.8) is 0 Å². The van der Waals surface area contributed by atoms with Crippen LogP contribution in [0.4, 0.5) is 5.69 Å². The Morgan fingerprint density at radius 3 is 2.70 bits per heavy atom. The van der Waals surface area contributed by atoms with Crippen LogP contribution >= 0.6 is 0 Å². The summed E-state index contributed by atoms with van der Waals surface area (Å²) in [6.07, 6.45) is 4.24. The van der Waals surface area contributed by atoms with Crippen LogP contribution in [0.3, 0.4) is 0 Å². The molecule has 0 amide bonds. The number of rotatable bonds is 2. The third-order valence-corrected chi connectivity index (χ3v) is 4.14. The fraction of sp³-hybridized carbons (Fsp3) is 0.158. The Morgan fingerprint density at radius 1 is 1.13 bits per heavy atom. The number of benzene rings is 2. The van der Waals surface area contributed by atoms with E-state index in [4.69, 9.17) is 4.74 Å². The van der Waals surface area contributed by atoms with Crippen molar-refractivity contribution in [3.8, 4) is 5.75 Å². The van der Waals surface area contributed by atoms with Gasteiger partial charge in [0.05, 0.1) is 4.92 Å². The highest BCUT2D eigenvalue weighted by Crippen LogP contribution is 2.45. The molecule has 2 aromatic rings. The molecule has 1 aliphatic heterocycles. The van der Waals surface area contributed by atoms with Crippen molar-refractivity contribution in [2.75, 3.05) is 0 Å². The molecule has 4 nitrogen and oxygen atoms in total. The zero-order valence-electron chi connectivity index (χ0n) is 12.7. The van der Waals surface area contributed by atoms with Gasteiger partial charge in [0.1, 0.15) is 11.5 Å². The second kappa shape index (κ2) is 5.09. The van der Waals surface area contributed by atoms with Crippen molar-refractivity contribution >= 4 is 17.0 Å². The lowest BCUT2D eigenvalue weighted by Gasteiger charge is -2.21. The summed E-state index contributed by atoms with van der Waals surface area (Å²) in [4.78, 5) is 10.6. The topological polar surface area (TPSA) is 52.4 Å². The molecule has 4 rings (SSSR count). The van der Waals surface area contributed by atoms with Crippen molar-refractivity contribution in [1.29, 1.82) is 0 Å². The van der Waals surface area contributed by atoms with E-state index in [1.54, 1.807) is 12.1 Å². The molecule has 0 bridgehead atoms. The zero-order valence-corrected chi connectivity index (χ0v) is 12.7. The molecule has 0 saturated heterocycles. The Balaban J connectivity index is 1.83. The minimum Gasteiger partial charge on any atom is -0.456 e. The van der Waals surface area contributed by atoms with Crippen LogP contribution in [0.5, 0.6) is 5.75 Å². The van der Waals surface area contributed by atoms with Gasteiger partial charge in [-0.15, -0.1) is 0 Å². The van der Waals surface area contributed by atoms with Crippen molar-refractivity contribution in [3.05, 3.63) is 80.9 Å². The van der Waals surface area contributed by atoms with Crippen LogP contribution in [-0.2, 0) is 0 Å². The normalized spacial score (nSPS) is 15.6. The molecule has 1 heterocycles. The summed E-state index contributed by atoms with van der Waals surface area (Å²) in [6.45, 7) is 2.06. The average Bonchev–Trinajstić information content (AvgIpc) is 3.39. The van der Waals surface area contributed by atoms with Crippen LogP contribution in [0.2, 0.25) is 0 Å². The van der Waals surface area contributed by atoms with Gasteiger partial charge in [0, 0.05) is 23.3 Å². The lowest BCUT2D eigenvalue weighted by Crippen LogP contribution is -2.04. The number of nitro groups is 1. The van der Waals surface area contributed by atoms with Crippen LogP contribution < -0.4 is 4.74 Å². The molecule has 1 fully saturated rings. The molecule has 4 heteroatoms. The highest BCUT2D eigenvalue weighted by Gasteiger charge is 2.25. The number of hydrogen-bond acceptors (Lipinski definition) is 3. The van der Waals surface area contributed by atoms with E-state index >= 15 is 0 Å². The number of allylic oxidation sites excluding steroid dienone is 3. The van der Waals surface area contributed by atoms with Crippen LogP contribution in [0.15, 0.2) is 54.1 Å². The first kappa shape index (κ1) is 13.8. The van der Waals surface area contributed by atoms with Gasteiger partial charge in [0.25, 0.3) is 5.69 Å². The molecular weight excluding hydrogens is 290 g/mol. The van der Waals surface area contributed by atoms with Gasteiger partial charge >= 0.3 is 0 Å². The highest BCUT2D eigenvalue weighted by molar-refractivity contribution is 5.91. The first-order valence-corrected chi connectivity index (χ1v) is 7.59. The zero-order chi connectivity index (χ0) is 16.0.